The highest BCUT2D eigenvalue weighted by molar-refractivity contribution is 9.10. The molecule has 0 atom stereocenters. The Balaban J connectivity index is 1.62. The number of nitrogens with one attached hydrogen (secondary N) is 2. The number of ether oxygens (including phenoxy) is 1. The number of anilines is 2. The van der Waals surface area contributed by atoms with Gasteiger partial charge in [-0.2, -0.15) is 0 Å². The maximum Gasteiger partial charge on any atom is 0.262 e. The lowest BCUT2D eigenvalue weighted by atomic mass is 9.95. The van der Waals surface area contributed by atoms with Gasteiger partial charge in [0, 0.05) is 16.8 Å². The molecule has 0 saturated carbocycles. The summed E-state index contributed by atoms with van der Waals surface area (Å²) in [5.74, 6) is 0.222. The van der Waals surface area contributed by atoms with E-state index in [9.17, 15) is 9.59 Å². The molecular formula is C23H23BrN2O3. The van der Waals surface area contributed by atoms with Gasteiger partial charge < -0.3 is 15.4 Å². The molecule has 0 radical (unpaired) electrons. The first-order chi connectivity index (χ1) is 13.7. The maximum atomic E-state index is 12.3. The lowest BCUT2D eigenvalue weighted by Crippen LogP contribution is -2.27. The highest BCUT2D eigenvalue weighted by Gasteiger charge is 2.21. The van der Waals surface area contributed by atoms with Crippen LogP contribution in [-0.2, 0) is 9.59 Å². The topological polar surface area (TPSA) is 67.4 Å². The standard InChI is InChI=1S/C23H23BrN2O3/c1-23(2,3)22(28)26-17-9-6-8-16(13-17)25-20(27)14-29-19-12-11-15-7-4-5-10-18(15)21(19)24/h4-13H,14H2,1-3H3,(H,25,27)(H,26,28). The third-order valence-corrected chi connectivity index (χ3v) is 5.09. The number of carbonyl (C=O) groups is 2. The molecule has 2 amide bonds. The summed E-state index contributed by atoms with van der Waals surface area (Å²) in [7, 11) is 0. The molecule has 150 valence electrons. The van der Waals surface area contributed by atoms with Gasteiger partial charge in [-0.1, -0.05) is 57.2 Å². The first kappa shape index (κ1) is 20.9. The molecule has 0 heterocycles. The second-order valence-corrected chi connectivity index (χ2v) is 8.51. The summed E-state index contributed by atoms with van der Waals surface area (Å²) in [4.78, 5) is 24.4. The van der Waals surface area contributed by atoms with Crippen LogP contribution in [0.3, 0.4) is 0 Å². The molecule has 0 aliphatic carbocycles. The monoisotopic (exact) mass is 454 g/mol. The van der Waals surface area contributed by atoms with Crippen molar-refractivity contribution in [3.63, 3.8) is 0 Å². The van der Waals surface area contributed by atoms with Crippen LogP contribution in [0, 0.1) is 5.41 Å². The third-order valence-electron chi connectivity index (χ3n) is 4.27. The predicted molar refractivity (Wildman–Crippen MR) is 120 cm³/mol. The summed E-state index contributed by atoms with van der Waals surface area (Å²) in [5.41, 5.74) is 0.712. The summed E-state index contributed by atoms with van der Waals surface area (Å²) in [5, 5.41) is 7.75. The minimum atomic E-state index is -0.500. The summed E-state index contributed by atoms with van der Waals surface area (Å²) in [6, 6.07) is 18.7. The lowest BCUT2D eigenvalue weighted by Gasteiger charge is -2.18. The zero-order valence-corrected chi connectivity index (χ0v) is 18.2. The van der Waals surface area contributed by atoms with Crippen LogP contribution >= 0.6 is 15.9 Å². The largest absolute Gasteiger partial charge is 0.483 e. The van der Waals surface area contributed by atoms with E-state index in [-0.39, 0.29) is 18.4 Å². The van der Waals surface area contributed by atoms with Gasteiger partial charge in [0.15, 0.2) is 6.61 Å². The lowest BCUT2D eigenvalue weighted by molar-refractivity contribution is -0.123. The van der Waals surface area contributed by atoms with Crippen molar-refractivity contribution in [1.29, 1.82) is 0 Å². The van der Waals surface area contributed by atoms with Crippen LogP contribution in [0.4, 0.5) is 11.4 Å². The molecule has 3 aromatic rings. The first-order valence-electron chi connectivity index (χ1n) is 9.25. The van der Waals surface area contributed by atoms with E-state index in [1.165, 1.54) is 0 Å². The van der Waals surface area contributed by atoms with Crippen LogP contribution in [0.15, 0.2) is 65.1 Å². The van der Waals surface area contributed by atoms with E-state index < -0.39 is 5.41 Å². The highest BCUT2D eigenvalue weighted by atomic mass is 79.9. The summed E-state index contributed by atoms with van der Waals surface area (Å²) >= 11 is 3.55. The summed E-state index contributed by atoms with van der Waals surface area (Å²) in [6.45, 7) is 5.40. The van der Waals surface area contributed by atoms with Gasteiger partial charge in [0.25, 0.3) is 5.91 Å². The van der Waals surface area contributed by atoms with Gasteiger partial charge in [-0.15, -0.1) is 0 Å². The number of fused-ring (bicyclic) bond motifs is 1. The normalized spacial score (nSPS) is 11.2. The van der Waals surface area contributed by atoms with Crippen LogP contribution < -0.4 is 15.4 Å². The molecule has 3 aromatic carbocycles. The Morgan fingerprint density at radius 1 is 0.931 bits per heavy atom. The number of benzene rings is 3. The fourth-order valence-electron chi connectivity index (χ4n) is 2.66. The van der Waals surface area contributed by atoms with Crippen molar-refractivity contribution in [2.45, 2.75) is 20.8 Å². The molecule has 2 N–H and O–H groups in total. The number of amides is 2. The zero-order chi connectivity index (χ0) is 21.0. The molecule has 29 heavy (non-hydrogen) atoms. The summed E-state index contributed by atoms with van der Waals surface area (Å²) in [6.07, 6.45) is 0. The second kappa shape index (κ2) is 8.66. The van der Waals surface area contributed by atoms with Crippen molar-refractivity contribution in [3.8, 4) is 5.75 Å². The number of halogens is 1. The average molecular weight is 455 g/mol. The Hall–Kier alpha value is -2.86. The van der Waals surface area contributed by atoms with Crippen molar-refractivity contribution in [2.24, 2.45) is 5.41 Å². The predicted octanol–water partition coefficient (Wildman–Crippen LogP) is 5.60. The quantitative estimate of drug-likeness (QED) is 0.526. The Labute approximate surface area is 178 Å². The van der Waals surface area contributed by atoms with Gasteiger partial charge in [0.05, 0.1) is 4.47 Å². The van der Waals surface area contributed by atoms with Crippen LogP contribution in [0.1, 0.15) is 20.8 Å². The minimum Gasteiger partial charge on any atom is -0.483 e. The van der Waals surface area contributed by atoms with E-state index in [0.717, 1.165) is 15.2 Å². The molecule has 0 saturated heterocycles. The molecule has 0 unspecified atom stereocenters. The fourth-order valence-corrected chi connectivity index (χ4v) is 3.27. The van der Waals surface area contributed by atoms with E-state index in [2.05, 4.69) is 26.6 Å². The third kappa shape index (κ3) is 5.35. The van der Waals surface area contributed by atoms with Crippen LogP contribution in [0.5, 0.6) is 5.75 Å². The smallest absolute Gasteiger partial charge is 0.262 e. The SMILES string of the molecule is CC(C)(C)C(=O)Nc1cccc(NC(=O)COc2ccc3ccccc3c2Br)c1. The van der Waals surface area contributed by atoms with E-state index >= 15 is 0 Å². The number of hydrogen-bond donors (Lipinski definition) is 2. The molecular weight excluding hydrogens is 432 g/mol. The van der Waals surface area contributed by atoms with Crippen LogP contribution in [0.25, 0.3) is 10.8 Å². The Morgan fingerprint density at radius 3 is 2.34 bits per heavy atom. The van der Waals surface area contributed by atoms with Crippen molar-refractivity contribution in [2.75, 3.05) is 17.2 Å². The first-order valence-corrected chi connectivity index (χ1v) is 10.0. The fraction of sp³-hybridized carbons (Fsp3) is 0.217. The van der Waals surface area contributed by atoms with Crippen molar-refractivity contribution in [1.82, 2.24) is 0 Å². The molecule has 0 aliphatic heterocycles. The van der Waals surface area contributed by atoms with Gasteiger partial charge in [-0.05, 0) is 51.0 Å². The molecule has 0 aliphatic rings. The van der Waals surface area contributed by atoms with Gasteiger partial charge in [0.1, 0.15) is 5.75 Å². The van der Waals surface area contributed by atoms with E-state index in [1.54, 1.807) is 24.3 Å². The Kier molecular flexibility index (Phi) is 6.23. The Morgan fingerprint density at radius 2 is 1.62 bits per heavy atom. The average Bonchev–Trinajstić information content (AvgIpc) is 2.67. The number of hydrogen-bond acceptors (Lipinski definition) is 3. The van der Waals surface area contributed by atoms with Crippen molar-refractivity contribution in [3.05, 3.63) is 65.1 Å². The van der Waals surface area contributed by atoms with E-state index in [4.69, 9.17) is 4.74 Å². The van der Waals surface area contributed by atoms with Gasteiger partial charge in [-0.3, -0.25) is 9.59 Å². The molecule has 0 bridgehead atoms. The van der Waals surface area contributed by atoms with Gasteiger partial charge in [0.2, 0.25) is 5.91 Å². The summed E-state index contributed by atoms with van der Waals surface area (Å²) < 4.78 is 6.50. The number of rotatable bonds is 5. The molecule has 0 aromatic heterocycles. The molecule has 0 spiro atoms. The van der Waals surface area contributed by atoms with E-state index in [0.29, 0.717) is 17.1 Å². The van der Waals surface area contributed by atoms with Gasteiger partial charge in [-0.25, -0.2) is 0 Å². The minimum absolute atomic E-state index is 0.0922. The van der Waals surface area contributed by atoms with Crippen LogP contribution in [0.2, 0.25) is 0 Å². The molecule has 5 nitrogen and oxygen atoms in total. The van der Waals surface area contributed by atoms with Crippen molar-refractivity contribution >= 4 is 49.9 Å². The van der Waals surface area contributed by atoms with Crippen LogP contribution in [-0.4, -0.2) is 18.4 Å². The van der Waals surface area contributed by atoms with E-state index in [1.807, 2.05) is 57.2 Å². The van der Waals surface area contributed by atoms with Gasteiger partial charge >= 0.3 is 0 Å². The van der Waals surface area contributed by atoms with Crippen molar-refractivity contribution < 1.29 is 14.3 Å². The number of carbonyl (C=O) groups excluding carboxylic acids is 2. The Bertz CT molecular complexity index is 1060. The molecule has 6 heteroatoms. The second-order valence-electron chi connectivity index (χ2n) is 7.72. The molecule has 0 fully saturated rings. The maximum absolute atomic E-state index is 12.3. The zero-order valence-electron chi connectivity index (χ0n) is 16.6. The molecule has 3 rings (SSSR count). The highest BCUT2D eigenvalue weighted by Crippen LogP contribution is 2.33.